The monoisotopic (exact) mass is 252 g/mol. The quantitative estimate of drug-likeness (QED) is 0.707. The molecule has 2 heteroatoms. The predicted octanol–water partition coefficient (Wildman–Crippen LogP) is 5.03. The minimum Gasteiger partial charge on any atom is -0.203 e. The molecule has 0 saturated heterocycles. The molecule has 0 amide bonds. The van der Waals surface area contributed by atoms with Gasteiger partial charge in [0.1, 0.15) is 0 Å². The van der Waals surface area contributed by atoms with Gasteiger partial charge in [-0.25, -0.2) is 8.78 Å². The second kappa shape index (κ2) is 5.81. The first-order valence-electron chi connectivity index (χ1n) is 7.05. The molecule has 1 aliphatic carbocycles. The van der Waals surface area contributed by atoms with Crippen LogP contribution in [0.3, 0.4) is 0 Å². The molecule has 0 spiro atoms. The molecule has 100 valence electrons. The summed E-state index contributed by atoms with van der Waals surface area (Å²) in [6.07, 6.45) is 6.76. The predicted molar refractivity (Wildman–Crippen MR) is 70.5 cm³/mol. The molecule has 0 aliphatic heterocycles. The molecule has 0 nitrogen and oxygen atoms in total. The third kappa shape index (κ3) is 2.90. The normalized spacial score (nSPS) is 24.2. The lowest BCUT2D eigenvalue weighted by molar-refractivity contribution is 0.266. The van der Waals surface area contributed by atoms with Crippen LogP contribution in [0.5, 0.6) is 0 Å². The second-order valence-corrected chi connectivity index (χ2v) is 5.67. The van der Waals surface area contributed by atoms with Crippen LogP contribution < -0.4 is 0 Å². The van der Waals surface area contributed by atoms with E-state index in [1.807, 2.05) is 0 Å². The lowest BCUT2D eigenvalue weighted by Crippen LogP contribution is -2.16. The Hall–Kier alpha value is -0.920. The van der Waals surface area contributed by atoms with Gasteiger partial charge in [0.15, 0.2) is 11.6 Å². The summed E-state index contributed by atoms with van der Waals surface area (Å²) in [4.78, 5) is 0. The Morgan fingerprint density at radius 3 is 2.22 bits per heavy atom. The fraction of sp³-hybridized carbons (Fsp3) is 0.625. The first-order chi connectivity index (χ1) is 8.61. The number of hydrogen-bond acceptors (Lipinski definition) is 0. The molecule has 1 fully saturated rings. The van der Waals surface area contributed by atoms with Gasteiger partial charge < -0.3 is 0 Å². The van der Waals surface area contributed by atoms with E-state index in [0.717, 1.165) is 18.8 Å². The van der Waals surface area contributed by atoms with Gasteiger partial charge in [-0.2, -0.15) is 0 Å². The van der Waals surface area contributed by atoms with Gasteiger partial charge in [-0.15, -0.1) is 0 Å². The minimum atomic E-state index is -0.672. The van der Waals surface area contributed by atoms with Crippen LogP contribution >= 0.6 is 0 Å². The zero-order chi connectivity index (χ0) is 13.1. The van der Waals surface area contributed by atoms with Gasteiger partial charge in [0.2, 0.25) is 0 Å². The Balaban J connectivity index is 2.00. The molecule has 0 bridgehead atoms. The molecule has 0 N–H and O–H groups in total. The van der Waals surface area contributed by atoms with Crippen molar-refractivity contribution in [3.8, 4) is 0 Å². The molecule has 0 radical (unpaired) electrons. The molecule has 1 aromatic carbocycles. The molecule has 2 rings (SSSR count). The standard InChI is InChI=1S/C16H22F2/c1-3-12-5-7-13(8-6-12)10-14-9-4-11(2)15(17)16(14)18/h4,9,12-13H,3,5-8,10H2,1-2H3. The smallest absolute Gasteiger partial charge is 0.162 e. The van der Waals surface area contributed by atoms with Crippen LogP contribution in [-0.2, 0) is 6.42 Å². The Labute approximate surface area is 108 Å². The van der Waals surface area contributed by atoms with E-state index in [1.54, 1.807) is 19.1 Å². The van der Waals surface area contributed by atoms with Crippen molar-refractivity contribution >= 4 is 0 Å². The topological polar surface area (TPSA) is 0 Å². The fourth-order valence-electron chi connectivity index (χ4n) is 3.00. The van der Waals surface area contributed by atoms with Gasteiger partial charge >= 0.3 is 0 Å². The zero-order valence-corrected chi connectivity index (χ0v) is 11.3. The van der Waals surface area contributed by atoms with Crippen molar-refractivity contribution < 1.29 is 8.78 Å². The largest absolute Gasteiger partial charge is 0.203 e. The van der Waals surface area contributed by atoms with Crippen LogP contribution in [0.4, 0.5) is 8.78 Å². The van der Waals surface area contributed by atoms with Crippen LogP contribution in [-0.4, -0.2) is 0 Å². The van der Waals surface area contributed by atoms with Gasteiger partial charge in [-0.1, -0.05) is 38.3 Å². The summed E-state index contributed by atoms with van der Waals surface area (Å²) in [6.45, 7) is 3.84. The minimum absolute atomic E-state index is 0.394. The van der Waals surface area contributed by atoms with Crippen molar-refractivity contribution in [3.05, 3.63) is 34.9 Å². The third-order valence-corrected chi connectivity index (χ3v) is 4.41. The Morgan fingerprint density at radius 1 is 1.00 bits per heavy atom. The maximum absolute atomic E-state index is 13.8. The zero-order valence-electron chi connectivity index (χ0n) is 11.3. The van der Waals surface area contributed by atoms with Crippen LogP contribution in [0.15, 0.2) is 12.1 Å². The van der Waals surface area contributed by atoms with Crippen molar-refractivity contribution in [2.24, 2.45) is 11.8 Å². The Bertz CT molecular complexity index is 404. The average molecular weight is 252 g/mol. The maximum atomic E-state index is 13.8. The Morgan fingerprint density at radius 2 is 1.61 bits per heavy atom. The number of rotatable bonds is 3. The molecule has 0 unspecified atom stereocenters. The first kappa shape index (κ1) is 13.5. The van der Waals surface area contributed by atoms with Gasteiger partial charge in [-0.05, 0) is 49.1 Å². The number of aryl methyl sites for hydroxylation is 1. The highest BCUT2D eigenvalue weighted by Crippen LogP contribution is 2.33. The molecule has 18 heavy (non-hydrogen) atoms. The highest BCUT2D eigenvalue weighted by molar-refractivity contribution is 5.25. The summed E-state index contributed by atoms with van der Waals surface area (Å²) < 4.78 is 27.3. The average Bonchev–Trinajstić information content (AvgIpc) is 2.40. The van der Waals surface area contributed by atoms with Crippen LogP contribution in [0.2, 0.25) is 0 Å². The van der Waals surface area contributed by atoms with E-state index in [0.29, 0.717) is 23.5 Å². The van der Waals surface area contributed by atoms with E-state index in [-0.39, 0.29) is 0 Å². The summed E-state index contributed by atoms with van der Waals surface area (Å²) in [7, 11) is 0. The lowest BCUT2D eigenvalue weighted by atomic mass is 9.78. The summed E-state index contributed by atoms with van der Waals surface area (Å²) in [6, 6.07) is 3.44. The van der Waals surface area contributed by atoms with Crippen molar-refractivity contribution in [1.29, 1.82) is 0 Å². The van der Waals surface area contributed by atoms with Crippen LogP contribution in [0.25, 0.3) is 0 Å². The van der Waals surface area contributed by atoms with Gasteiger partial charge in [0.25, 0.3) is 0 Å². The van der Waals surface area contributed by atoms with Gasteiger partial charge in [-0.3, -0.25) is 0 Å². The number of hydrogen-bond donors (Lipinski definition) is 0. The molecule has 0 heterocycles. The SMILES string of the molecule is CCC1CCC(Cc2ccc(C)c(F)c2F)CC1. The second-order valence-electron chi connectivity index (χ2n) is 5.67. The summed E-state index contributed by atoms with van der Waals surface area (Å²) in [5, 5.41) is 0. The number of benzene rings is 1. The highest BCUT2D eigenvalue weighted by atomic mass is 19.2. The molecular weight excluding hydrogens is 230 g/mol. The van der Waals surface area contributed by atoms with Gasteiger partial charge in [0, 0.05) is 0 Å². The van der Waals surface area contributed by atoms with E-state index in [9.17, 15) is 8.78 Å². The molecule has 1 saturated carbocycles. The lowest BCUT2D eigenvalue weighted by Gasteiger charge is -2.28. The summed E-state index contributed by atoms with van der Waals surface area (Å²) in [5.41, 5.74) is 0.948. The van der Waals surface area contributed by atoms with Crippen molar-refractivity contribution in [1.82, 2.24) is 0 Å². The molecule has 0 atom stereocenters. The Kier molecular flexibility index (Phi) is 4.36. The van der Waals surface area contributed by atoms with E-state index in [4.69, 9.17) is 0 Å². The highest BCUT2D eigenvalue weighted by Gasteiger charge is 2.22. The van der Waals surface area contributed by atoms with E-state index >= 15 is 0 Å². The molecular formula is C16H22F2. The van der Waals surface area contributed by atoms with Gasteiger partial charge in [0.05, 0.1) is 0 Å². The van der Waals surface area contributed by atoms with Crippen LogP contribution in [0, 0.1) is 30.4 Å². The maximum Gasteiger partial charge on any atom is 0.162 e. The first-order valence-corrected chi connectivity index (χ1v) is 7.05. The third-order valence-electron chi connectivity index (χ3n) is 4.41. The van der Waals surface area contributed by atoms with E-state index in [1.165, 1.54) is 19.3 Å². The molecule has 1 aromatic rings. The fourth-order valence-corrected chi connectivity index (χ4v) is 3.00. The van der Waals surface area contributed by atoms with E-state index in [2.05, 4.69) is 6.92 Å². The van der Waals surface area contributed by atoms with Crippen molar-refractivity contribution in [3.63, 3.8) is 0 Å². The van der Waals surface area contributed by atoms with Crippen LogP contribution in [0.1, 0.15) is 50.2 Å². The molecule has 0 aromatic heterocycles. The summed E-state index contributed by atoms with van der Waals surface area (Å²) >= 11 is 0. The molecule has 1 aliphatic rings. The van der Waals surface area contributed by atoms with Crippen molar-refractivity contribution in [2.45, 2.75) is 52.4 Å². The van der Waals surface area contributed by atoms with E-state index < -0.39 is 11.6 Å². The van der Waals surface area contributed by atoms with Crippen molar-refractivity contribution in [2.75, 3.05) is 0 Å². The summed E-state index contributed by atoms with van der Waals surface area (Å²) in [5.74, 6) is 0.0765. The number of halogens is 2.